The number of imidazole rings is 1. The molecular weight excluding hydrogens is 396 g/mol. The summed E-state index contributed by atoms with van der Waals surface area (Å²) in [5, 5.41) is 0.332. The number of pyridine rings is 1. The number of hydrogen-bond donors (Lipinski definition) is 1. The van der Waals surface area contributed by atoms with E-state index in [1.54, 1.807) is 29.0 Å². The van der Waals surface area contributed by atoms with Gasteiger partial charge in [-0.05, 0) is 43.0 Å². The smallest absolute Gasteiger partial charge is 0.262 e. The second kappa shape index (κ2) is 7.22. The lowest BCUT2D eigenvalue weighted by molar-refractivity contribution is 0.587. The van der Waals surface area contributed by atoms with Crippen molar-refractivity contribution in [2.24, 2.45) is 0 Å². The van der Waals surface area contributed by atoms with Gasteiger partial charge in [-0.3, -0.25) is 9.29 Å². The van der Waals surface area contributed by atoms with Crippen molar-refractivity contribution in [3.8, 4) is 5.82 Å². The first-order valence-electron chi connectivity index (χ1n) is 8.79. The molecule has 8 heteroatoms. The van der Waals surface area contributed by atoms with Gasteiger partial charge in [-0.1, -0.05) is 44.5 Å². The fourth-order valence-electron chi connectivity index (χ4n) is 2.87. The van der Waals surface area contributed by atoms with Crippen LogP contribution in [0.2, 0.25) is 5.02 Å². The number of rotatable bonds is 4. The Morgan fingerprint density at radius 1 is 1.11 bits per heavy atom. The molecule has 0 atom stereocenters. The quantitative estimate of drug-likeness (QED) is 0.669. The second-order valence-corrected chi connectivity index (χ2v) is 9.82. The summed E-state index contributed by atoms with van der Waals surface area (Å²) in [6, 6.07) is 8.41. The Balaban J connectivity index is 2.01. The molecule has 0 fully saturated rings. The third-order valence-electron chi connectivity index (χ3n) is 4.34. The van der Waals surface area contributed by atoms with Crippen LogP contribution in [0.3, 0.4) is 0 Å². The normalized spacial score (nSPS) is 12.2. The predicted octanol–water partition coefficient (Wildman–Crippen LogP) is 4.64. The highest BCUT2D eigenvalue weighted by molar-refractivity contribution is 7.92. The first-order valence-corrected chi connectivity index (χ1v) is 10.7. The summed E-state index contributed by atoms with van der Waals surface area (Å²) in [7, 11) is -3.81. The minimum absolute atomic E-state index is 0.0590. The average molecular weight is 419 g/mol. The fourth-order valence-corrected chi connectivity index (χ4v) is 4.08. The first kappa shape index (κ1) is 20.4. The molecule has 2 aromatic heterocycles. The van der Waals surface area contributed by atoms with Crippen LogP contribution < -0.4 is 4.72 Å². The topological polar surface area (TPSA) is 76.9 Å². The fraction of sp³-hybridized carbons (Fsp3) is 0.300. The van der Waals surface area contributed by atoms with E-state index in [2.05, 4.69) is 35.5 Å². The highest BCUT2D eigenvalue weighted by Gasteiger charge is 2.20. The van der Waals surface area contributed by atoms with E-state index in [9.17, 15) is 8.42 Å². The molecule has 0 saturated heterocycles. The molecule has 0 aliphatic heterocycles. The predicted molar refractivity (Wildman–Crippen MR) is 112 cm³/mol. The van der Waals surface area contributed by atoms with Crippen LogP contribution in [0.15, 0.2) is 47.6 Å². The number of nitrogens with one attached hydrogen (secondary N) is 1. The third kappa shape index (κ3) is 4.20. The van der Waals surface area contributed by atoms with Gasteiger partial charge in [0, 0.05) is 12.4 Å². The molecule has 0 saturated carbocycles. The molecule has 2 heterocycles. The van der Waals surface area contributed by atoms with Crippen LogP contribution in [0.1, 0.15) is 37.9 Å². The lowest BCUT2D eigenvalue weighted by Crippen LogP contribution is -2.16. The van der Waals surface area contributed by atoms with Crippen LogP contribution in [0.5, 0.6) is 0 Å². The zero-order chi connectivity index (χ0) is 20.7. The van der Waals surface area contributed by atoms with Crippen LogP contribution >= 0.6 is 11.6 Å². The van der Waals surface area contributed by atoms with E-state index in [0.29, 0.717) is 16.7 Å². The summed E-state index contributed by atoms with van der Waals surface area (Å²) < 4.78 is 30.2. The highest BCUT2D eigenvalue weighted by atomic mass is 35.5. The van der Waals surface area contributed by atoms with Gasteiger partial charge < -0.3 is 0 Å². The van der Waals surface area contributed by atoms with E-state index >= 15 is 0 Å². The molecule has 148 valence electrons. The summed E-state index contributed by atoms with van der Waals surface area (Å²) in [6.07, 6.45) is 3.27. The SMILES string of the molecule is Cc1cn(-c2ncc(Cl)cc2NS(=O)(=O)c2ccc(C(C)(C)C)cc2)c(C)n1. The molecule has 0 aliphatic carbocycles. The zero-order valence-corrected chi connectivity index (χ0v) is 18.1. The van der Waals surface area contributed by atoms with Crippen LogP contribution in [-0.4, -0.2) is 23.0 Å². The Labute approximate surface area is 170 Å². The number of anilines is 1. The van der Waals surface area contributed by atoms with E-state index in [1.807, 2.05) is 26.0 Å². The molecule has 6 nitrogen and oxygen atoms in total. The minimum atomic E-state index is -3.81. The van der Waals surface area contributed by atoms with Gasteiger partial charge >= 0.3 is 0 Å². The molecule has 3 aromatic rings. The highest BCUT2D eigenvalue weighted by Crippen LogP contribution is 2.28. The summed E-state index contributed by atoms with van der Waals surface area (Å²) in [5.74, 6) is 1.11. The van der Waals surface area contributed by atoms with Crippen molar-refractivity contribution in [3.63, 3.8) is 0 Å². The summed E-state index contributed by atoms with van der Waals surface area (Å²) in [6.45, 7) is 9.92. The molecule has 0 spiro atoms. The first-order chi connectivity index (χ1) is 13.0. The minimum Gasteiger partial charge on any atom is -0.286 e. The molecule has 0 bridgehead atoms. The molecule has 1 aromatic carbocycles. The monoisotopic (exact) mass is 418 g/mol. The Kier molecular flexibility index (Phi) is 5.25. The van der Waals surface area contributed by atoms with Crippen molar-refractivity contribution in [1.82, 2.24) is 14.5 Å². The molecular formula is C20H23ClN4O2S. The molecule has 0 aliphatic rings. The van der Waals surface area contributed by atoms with E-state index in [1.165, 1.54) is 6.20 Å². The Morgan fingerprint density at radius 3 is 2.29 bits per heavy atom. The van der Waals surface area contributed by atoms with Crippen LogP contribution in [0.25, 0.3) is 5.82 Å². The molecule has 0 amide bonds. The van der Waals surface area contributed by atoms with Crippen LogP contribution in [-0.2, 0) is 15.4 Å². The van der Waals surface area contributed by atoms with E-state index < -0.39 is 10.0 Å². The summed E-state index contributed by atoms with van der Waals surface area (Å²) >= 11 is 6.07. The molecule has 0 radical (unpaired) electrons. The van der Waals surface area contributed by atoms with Gasteiger partial charge in [0.1, 0.15) is 5.82 Å². The third-order valence-corrected chi connectivity index (χ3v) is 5.93. The van der Waals surface area contributed by atoms with Gasteiger partial charge in [0.2, 0.25) is 0 Å². The number of sulfonamides is 1. The number of aryl methyl sites for hydroxylation is 2. The van der Waals surface area contributed by atoms with Crippen LogP contribution in [0.4, 0.5) is 5.69 Å². The number of benzene rings is 1. The van der Waals surface area contributed by atoms with Crippen LogP contribution in [0, 0.1) is 13.8 Å². The van der Waals surface area contributed by atoms with Gasteiger partial charge in [-0.2, -0.15) is 0 Å². The molecule has 1 N–H and O–H groups in total. The number of nitrogens with zero attached hydrogens (tertiary/aromatic N) is 3. The van der Waals surface area contributed by atoms with Crippen molar-refractivity contribution in [2.45, 2.75) is 44.9 Å². The van der Waals surface area contributed by atoms with Crippen molar-refractivity contribution in [3.05, 3.63) is 64.8 Å². The van der Waals surface area contributed by atoms with Gasteiger partial charge in [-0.15, -0.1) is 0 Å². The maximum absolute atomic E-state index is 12.9. The standard InChI is InChI=1S/C20H23ClN4O2S/c1-13-12-25(14(2)23-13)19-18(10-16(21)11-22-19)24-28(26,27)17-8-6-15(7-9-17)20(3,4)5/h6-12,24H,1-5H3. The van der Waals surface area contributed by atoms with Crippen molar-refractivity contribution < 1.29 is 8.42 Å². The lowest BCUT2D eigenvalue weighted by atomic mass is 9.87. The van der Waals surface area contributed by atoms with E-state index in [4.69, 9.17) is 11.6 Å². The Hall–Kier alpha value is -2.38. The number of halogens is 1. The number of hydrogen-bond acceptors (Lipinski definition) is 4. The van der Waals surface area contributed by atoms with Gasteiger partial charge in [0.25, 0.3) is 10.0 Å². The molecule has 28 heavy (non-hydrogen) atoms. The maximum atomic E-state index is 12.9. The summed E-state index contributed by atoms with van der Waals surface area (Å²) in [4.78, 5) is 8.83. The van der Waals surface area contributed by atoms with Gasteiger partial charge in [-0.25, -0.2) is 18.4 Å². The Morgan fingerprint density at radius 2 is 1.75 bits per heavy atom. The molecule has 0 unspecified atom stereocenters. The summed E-state index contributed by atoms with van der Waals surface area (Å²) in [5.41, 5.74) is 2.09. The second-order valence-electron chi connectivity index (χ2n) is 7.70. The molecule has 3 rings (SSSR count). The number of aromatic nitrogens is 3. The van der Waals surface area contributed by atoms with Gasteiger partial charge in [0.15, 0.2) is 5.82 Å². The Bertz CT molecular complexity index is 1110. The lowest BCUT2D eigenvalue weighted by Gasteiger charge is -2.19. The van der Waals surface area contributed by atoms with Crippen molar-refractivity contribution in [2.75, 3.05) is 4.72 Å². The van der Waals surface area contributed by atoms with Crippen molar-refractivity contribution >= 4 is 27.3 Å². The maximum Gasteiger partial charge on any atom is 0.262 e. The van der Waals surface area contributed by atoms with E-state index in [-0.39, 0.29) is 16.0 Å². The largest absolute Gasteiger partial charge is 0.286 e. The van der Waals surface area contributed by atoms with Crippen molar-refractivity contribution in [1.29, 1.82) is 0 Å². The zero-order valence-electron chi connectivity index (χ0n) is 16.5. The average Bonchev–Trinajstić information content (AvgIpc) is 2.92. The van der Waals surface area contributed by atoms with E-state index in [0.717, 1.165) is 11.3 Å². The van der Waals surface area contributed by atoms with Gasteiger partial charge in [0.05, 0.1) is 21.3 Å².